The van der Waals surface area contributed by atoms with Crippen molar-refractivity contribution in [1.29, 1.82) is 0 Å². The lowest BCUT2D eigenvalue weighted by Gasteiger charge is -2.44. The molecule has 5 nitrogen and oxygen atoms in total. The molecule has 1 N–H and O–H groups in total. The van der Waals surface area contributed by atoms with Gasteiger partial charge in [0.1, 0.15) is 5.60 Å². The second-order valence-corrected chi connectivity index (χ2v) is 6.04. The zero-order chi connectivity index (χ0) is 15.7. The summed E-state index contributed by atoms with van der Waals surface area (Å²) in [6, 6.07) is -0.195. The van der Waals surface area contributed by atoms with Gasteiger partial charge in [0, 0.05) is 25.7 Å². The first-order chi connectivity index (χ1) is 8.90. The van der Waals surface area contributed by atoms with E-state index in [-0.39, 0.29) is 6.04 Å². The highest BCUT2D eigenvalue weighted by atomic mass is 19.4. The molecule has 0 aromatic carbocycles. The maximum atomic E-state index is 12.2. The molecule has 1 fully saturated rings. The Balaban J connectivity index is 2.36. The number of likely N-dealkylation sites (tertiary alicyclic amines) is 1. The lowest BCUT2D eigenvalue weighted by Crippen LogP contribution is -2.62. The molecule has 0 aromatic heterocycles. The minimum atomic E-state index is -4.62. The van der Waals surface area contributed by atoms with Crippen LogP contribution < -0.4 is 0 Å². The van der Waals surface area contributed by atoms with Crippen LogP contribution in [0.1, 0.15) is 20.8 Å². The fourth-order valence-corrected chi connectivity index (χ4v) is 1.74. The molecule has 118 valence electrons. The van der Waals surface area contributed by atoms with Gasteiger partial charge < -0.3 is 14.7 Å². The van der Waals surface area contributed by atoms with E-state index in [0.717, 1.165) is 0 Å². The average Bonchev–Trinajstić information content (AvgIpc) is 2.09. The van der Waals surface area contributed by atoms with Crippen molar-refractivity contribution in [2.75, 3.05) is 26.7 Å². The van der Waals surface area contributed by atoms with E-state index in [9.17, 15) is 18.0 Å². The van der Waals surface area contributed by atoms with Gasteiger partial charge in [0.2, 0.25) is 0 Å². The van der Waals surface area contributed by atoms with Gasteiger partial charge in [0.25, 0.3) is 0 Å². The smallest absolute Gasteiger partial charge is 0.415 e. The number of hydrogen-bond acceptors (Lipinski definition) is 4. The number of alkyl halides is 3. The molecule has 0 spiro atoms. The van der Waals surface area contributed by atoms with E-state index in [1.54, 1.807) is 20.8 Å². The van der Waals surface area contributed by atoms with Crippen molar-refractivity contribution in [3.63, 3.8) is 0 Å². The van der Waals surface area contributed by atoms with Gasteiger partial charge in [-0.2, -0.15) is 13.2 Å². The summed E-state index contributed by atoms with van der Waals surface area (Å²) in [5.41, 5.74) is -0.597. The van der Waals surface area contributed by atoms with Gasteiger partial charge in [0.05, 0.1) is 0 Å². The van der Waals surface area contributed by atoms with E-state index in [1.165, 1.54) is 16.8 Å². The molecule has 0 radical (unpaired) electrons. The van der Waals surface area contributed by atoms with Crippen molar-refractivity contribution in [3.05, 3.63) is 0 Å². The summed E-state index contributed by atoms with van der Waals surface area (Å²) < 4.78 is 41.8. The highest BCUT2D eigenvalue weighted by Gasteiger charge is 2.42. The minimum Gasteiger partial charge on any atom is -0.444 e. The molecule has 1 amide bonds. The second kappa shape index (κ2) is 5.77. The zero-order valence-corrected chi connectivity index (χ0v) is 12.1. The van der Waals surface area contributed by atoms with Gasteiger partial charge in [-0.1, -0.05) is 0 Å². The third-order valence-electron chi connectivity index (χ3n) is 2.98. The maximum absolute atomic E-state index is 12.2. The highest BCUT2D eigenvalue weighted by molar-refractivity contribution is 5.69. The molecule has 1 aliphatic rings. The fourth-order valence-electron chi connectivity index (χ4n) is 1.74. The summed E-state index contributed by atoms with van der Waals surface area (Å²) in [5, 5.41) is 8.98. The summed E-state index contributed by atoms with van der Waals surface area (Å²) in [5.74, 6) is 0. The number of amides is 1. The Kier molecular flexibility index (Phi) is 4.91. The standard InChI is InChI=1S/C12H21F3N2O3/c1-11(2,3)20-10(19)17-5-8(6-17)16(4)7-9(18)12(13,14)15/h8-9,18H,5-7H2,1-4H3. The molecule has 20 heavy (non-hydrogen) atoms. The largest absolute Gasteiger partial charge is 0.444 e. The molecule has 0 bridgehead atoms. The first kappa shape index (κ1) is 17.0. The molecule has 1 rings (SSSR count). The lowest BCUT2D eigenvalue weighted by atomic mass is 10.1. The highest BCUT2D eigenvalue weighted by Crippen LogP contribution is 2.23. The molecule has 0 saturated carbocycles. The van der Waals surface area contributed by atoms with E-state index in [4.69, 9.17) is 9.84 Å². The van der Waals surface area contributed by atoms with E-state index < -0.39 is 30.5 Å². The Morgan fingerprint density at radius 2 is 1.90 bits per heavy atom. The number of carbonyl (C=O) groups excluding carboxylic acids is 1. The Morgan fingerprint density at radius 1 is 1.40 bits per heavy atom. The van der Waals surface area contributed by atoms with Gasteiger partial charge in [-0.3, -0.25) is 4.90 Å². The number of ether oxygens (including phenoxy) is 1. The van der Waals surface area contributed by atoms with Gasteiger partial charge in [0.15, 0.2) is 6.10 Å². The van der Waals surface area contributed by atoms with Crippen molar-refractivity contribution in [3.8, 4) is 0 Å². The zero-order valence-electron chi connectivity index (χ0n) is 12.1. The summed E-state index contributed by atoms with van der Waals surface area (Å²) in [7, 11) is 1.49. The van der Waals surface area contributed by atoms with Crippen molar-refractivity contribution in [2.24, 2.45) is 0 Å². The topological polar surface area (TPSA) is 53.0 Å². The third kappa shape index (κ3) is 4.82. The number of likely N-dealkylation sites (N-methyl/N-ethyl adjacent to an activating group) is 1. The van der Waals surface area contributed by atoms with Crippen molar-refractivity contribution < 1.29 is 27.8 Å². The molecule has 0 aromatic rings. The lowest BCUT2D eigenvalue weighted by molar-refractivity contribution is -0.209. The number of halogens is 3. The number of aliphatic hydroxyl groups is 1. The summed E-state index contributed by atoms with van der Waals surface area (Å²) >= 11 is 0. The van der Waals surface area contributed by atoms with E-state index in [2.05, 4.69) is 0 Å². The number of rotatable bonds is 3. The molecular formula is C12H21F3N2O3. The van der Waals surface area contributed by atoms with Crippen LogP contribution in [0.25, 0.3) is 0 Å². The van der Waals surface area contributed by atoms with E-state index in [0.29, 0.717) is 13.1 Å². The van der Waals surface area contributed by atoms with Gasteiger partial charge in [-0.15, -0.1) is 0 Å². The molecular weight excluding hydrogens is 277 g/mol. The van der Waals surface area contributed by atoms with Crippen LogP contribution in [0, 0.1) is 0 Å². The van der Waals surface area contributed by atoms with Gasteiger partial charge >= 0.3 is 12.3 Å². The summed E-state index contributed by atoms with van der Waals surface area (Å²) in [6.45, 7) is 5.33. The molecule has 1 unspecified atom stereocenters. The van der Waals surface area contributed by atoms with E-state index in [1.807, 2.05) is 0 Å². The predicted octanol–water partition coefficient (Wildman–Crippen LogP) is 1.46. The Hall–Kier alpha value is -1.02. The van der Waals surface area contributed by atoms with Crippen LogP contribution in [0.15, 0.2) is 0 Å². The first-order valence-electron chi connectivity index (χ1n) is 6.33. The van der Waals surface area contributed by atoms with Crippen LogP contribution in [-0.4, -0.2) is 71.6 Å². The van der Waals surface area contributed by atoms with Crippen molar-refractivity contribution in [2.45, 2.75) is 44.7 Å². The number of aliphatic hydroxyl groups excluding tert-OH is 1. The Bertz CT molecular complexity index is 349. The van der Waals surface area contributed by atoms with Gasteiger partial charge in [-0.25, -0.2) is 4.79 Å². The molecule has 1 atom stereocenters. The molecule has 1 aliphatic heterocycles. The number of nitrogens with zero attached hydrogens (tertiary/aromatic N) is 2. The second-order valence-electron chi connectivity index (χ2n) is 6.04. The maximum Gasteiger partial charge on any atom is 0.415 e. The van der Waals surface area contributed by atoms with Crippen LogP contribution in [-0.2, 0) is 4.74 Å². The van der Waals surface area contributed by atoms with Crippen LogP contribution in [0.3, 0.4) is 0 Å². The summed E-state index contributed by atoms with van der Waals surface area (Å²) in [4.78, 5) is 14.5. The minimum absolute atomic E-state index is 0.195. The Morgan fingerprint density at radius 3 is 2.30 bits per heavy atom. The third-order valence-corrected chi connectivity index (χ3v) is 2.98. The van der Waals surface area contributed by atoms with E-state index >= 15 is 0 Å². The molecule has 1 heterocycles. The quantitative estimate of drug-likeness (QED) is 0.857. The Labute approximate surface area is 116 Å². The van der Waals surface area contributed by atoms with Crippen LogP contribution in [0.2, 0.25) is 0 Å². The number of carbonyl (C=O) groups is 1. The van der Waals surface area contributed by atoms with Crippen LogP contribution in [0.4, 0.5) is 18.0 Å². The van der Waals surface area contributed by atoms with Gasteiger partial charge in [-0.05, 0) is 27.8 Å². The summed E-state index contributed by atoms with van der Waals surface area (Å²) in [6.07, 6.45) is -7.47. The predicted molar refractivity (Wildman–Crippen MR) is 66.3 cm³/mol. The number of hydrogen-bond donors (Lipinski definition) is 1. The molecule has 0 aliphatic carbocycles. The normalized spacial score (nSPS) is 18.9. The van der Waals surface area contributed by atoms with Crippen LogP contribution >= 0.6 is 0 Å². The fraction of sp³-hybridized carbons (Fsp3) is 0.917. The SMILES string of the molecule is CN(CC(O)C(F)(F)F)C1CN(C(=O)OC(C)(C)C)C1. The van der Waals surface area contributed by atoms with Crippen molar-refractivity contribution >= 4 is 6.09 Å². The first-order valence-corrected chi connectivity index (χ1v) is 6.33. The van der Waals surface area contributed by atoms with Crippen molar-refractivity contribution in [1.82, 2.24) is 9.80 Å². The molecule has 1 saturated heterocycles. The average molecular weight is 298 g/mol. The van der Waals surface area contributed by atoms with Crippen LogP contribution in [0.5, 0.6) is 0 Å². The molecule has 8 heteroatoms. The monoisotopic (exact) mass is 298 g/mol.